The predicted octanol–water partition coefficient (Wildman–Crippen LogP) is 2.15. The highest BCUT2D eigenvalue weighted by atomic mass is 16.5. The molecule has 1 atom stereocenters. The number of benzene rings is 1. The van der Waals surface area contributed by atoms with Crippen LogP contribution >= 0.6 is 0 Å². The highest BCUT2D eigenvalue weighted by Gasteiger charge is 2.18. The van der Waals surface area contributed by atoms with Crippen LogP contribution < -0.4 is 4.74 Å². The zero-order valence-corrected chi connectivity index (χ0v) is 12.5. The topological polar surface area (TPSA) is 60.2 Å². The van der Waals surface area contributed by atoms with Gasteiger partial charge in [0.25, 0.3) is 0 Å². The van der Waals surface area contributed by atoms with Gasteiger partial charge in [-0.15, -0.1) is 0 Å². The van der Waals surface area contributed by atoms with Crippen LogP contribution in [0.2, 0.25) is 0 Å². The minimum atomic E-state index is -0.564. The number of ether oxygens (including phenoxy) is 1. The molecule has 1 aliphatic heterocycles. The lowest BCUT2D eigenvalue weighted by Crippen LogP contribution is -2.13. The Morgan fingerprint density at radius 3 is 3.05 bits per heavy atom. The van der Waals surface area contributed by atoms with Gasteiger partial charge < -0.3 is 9.84 Å². The molecule has 1 N–H and O–H groups in total. The smallest absolute Gasteiger partial charge is 0.138 e. The number of hydrogen-bond acceptors (Lipinski definition) is 4. The molecule has 0 radical (unpaired) electrons. The van der Waals surface area contributed by atoms with Gasteiger partial charge in [-0.05, 0) is 29.2 Å². The summed E-state index contributed by atoms with van der Waals surface area (Å²) in [5.41, 5.74) is 2.09. The molecule has 5 nitrogen and oxygen atoms in total. The molecule has 0 spiro atoms. The fourth-order valence-electron chi connectivity index (χ4n) is 2.65. The van der Waals surface area contributed by atoms with Crippen molar-refractivity contribution in [3.05, 3.63) is 41.5 Å². The Bertz CT molecular complexity index is 622. The molecule has 0 saturated carbocycles. The molecule has 0 saturated heterocycles. The van der Waals surface area contributed by atoms with E-state index in [9.17, 15) is 5.11 Å². The van der Waals surface area contributed by atoms with Gasteiger partial charge in [-0.25, -0.2) is 9.67 Å². The zero-order valence-electron chi connectivity index (χ0n) is 12.5. The molecule has 1 aromatic heterocycles. The van der Waals surface area contributed by atoms with Crippen LogP contribution in [0.3, 0.4) is 0 Å². The van der Waals surface area contributed by atoms with Gasteiger partial charge in [0.05, 0.1) is 12.7 Å². The van der Waals surface area contributed by atoms with Gasteiger partial charge in [-0.3, -0.25) is 0 Å². The minimum Gasteiger partial charge on any atom is -0.493 e. The number of aromatic nitrogens is 3. The molecular formula is C16H21N3O2. The molecule has 0 bridgehead atoms. The highest BCUT2D eigenvalue weighted by molar-refractivity contribution is 5.40. The van der Waals surface area contributed by atoms with E-state index in [1.807, 2.05) is 22.9 Å². The number of aliphatic hydroxyl groups excluding tert-OH is 1. The Morgan fingerprint density at radius 2 is 2.24 bits per heavy atom. The van der Waals surface area contributed by atoms with E-state index < -0.39 is 6.10 Å². The Kier molecular flexibility index (Phi) is 3.92. The van der Waals surface area contributed by atoms with E-state index in [2.05, 4.69) is 23.9 Å². The van der Waals surface area contributed by atoms with Crippen molar-refractivity contribution in [1.82, 2.24) is 14.8 Å². The first-order valence-electron chi connectivity index (χ1n) is 7.44. The second kappa shape index (κ2) is 5.85. The van der Waals surface area contributed by atoms with Crippen molar-refractivity contribution in [1.29, 1.82) is 0 Å². The lowest BCUT2D eigenvalue weighted by atomic mass is 10.0. The van der Waals surface area contributed by atoms with Gasteiger partial charge in [0, 0.05) is 19.4 Å². The van der Waals surface area contributed by atoms with Crippen molar-refractivity contribution >= 4 is 0 Å². The third-order valence-corrected chi connectivity index (χ3v) is 3.71. The summed E-state index contributed by atoms with van der Waals surface area (Å²) < 4.78 is 7.37. The Labute approximate surface area is 124 Å². The second-order valence-corrected chi connectivity index (χ2v) is 5.94. The first-order chi connectivity index (χ1) is 10.1. The molecule has 1 aromatic carbocycles. The third-order valence-electron chi connectivity index (χ3n) is 3.71. The van der Waals surface area contributed by atoms with E-state index in [1.54, 1.807) is 6.33 Å². The Balaban J connectivity index is 1.74. The van der Waals surface area contributed by atoms with Gasteiger partial charge >= 0.3 is 0 Å². The normalized spacial score (nSPS) is 15.0. The predicted molar refractivity (Wildman–Crippen MR) is 79.2 cm³/mol. The van der Waals surface area contributed by atoms with Crippen LogP contribution in [0.15, 0.2) is 24.5 Å². The standard InChI is InChI=1S/C16H21N3O2/c1-11(2)9-19-16(17-10-18-19)8-14(20)12-3-4-15-13(7-12)5-6-21-15/h3-4,7,10-11,14,20H,5-6,8-9H2,1-2H3. The number of hydrogen-bond donors (Lipinski definition) is 1. The molecule has 5 heteroatoms. The Hall–Kier alpha value is -1.88. The monoisotopic (exact) mass is 287 g/mol. The van der Waals surface area contributed by atoms with Crippen molar-refractivity contribution in [3.8, 4) is 5.75 Å². The summed E-state index contributed by atoms with van der Waals surface area (Å²) in [5, 5.41) is 14.7. The fraction of sp³-hybridized carbons (Fsp3) is 0.500. The largest absolute Gasteiger partial charge is 0.493 e. The summed E-state index contributed by atoms with van der Waals surface area (Å²) >= 11 is 0. The zero-order chi connectivity index (χ0) is 14.8. The summed E-state index contributed by atoms with van der Waals surface area (Å²) in [4.78, 5) is 4.27. The molecule has 1 unspecified atom stereocenters. The number of nitrogens with zero attached hydrogens (tertiary/aromatic N) is 3. The van der Waals surface area contributed by atoms with Gasteiger partial charge in [-0.1, -0.05) is 19.9 Å². The molecule has 3 rings (SSSR count). The quantitative estimate of drug-likeness (QED) is 0.915. The fourth-order valence-corrected chi connectivity index (χ4v) is 2.65. The van der Waals surface area contributed by atoms with E-state index in [-0.39, 0.29) is 0 Å². The molecule has 112 valence electrons. The number of fused-ring (bicyclic) bond motifs is 1. The van der Waals surface area contributed by atoms with Crippen LogP contribution in [-0.2, 0) is 19.4 Å². The molecule has 0 aliphatic carbocycles. The average molecular weight is 287 g/mol. The van der Waals surface area contributed by atoms with Crippen molar-refractivity contribution in [3.63, 3.8) is 0 Å². The maximum absolute atomic E-state index is 10.5. The average Bonchev–Trinajstić information content (AvgIpc) is 3.06. The molecular weight excluding hydrogens is 266 g/mol. The molecule has 0 amide bonds. The van der Waals surface area contributed by atoms with Crippen molar-refractivity contribution in [2.45, 2.75) is 39.3 Å². The number of aliphatic hydroxyl groups is 1. The summed E-state index contributed by atoms with van der Waals surface area (Å²) in [6, 6.07) is 5.91. The van der Waals surface area contributed by atoms with Crippen LogP contribution in [0.5, 0.6) is 5.75 Å². The van der Waals surface area contributed by atoms with Gasteiger partial charge in [0.2, 0.25) is 0 Å². The molecule has 2 heterocycles. The van der Waals surface area contributed by atoms with Crippen LogP contribution in [0.25, 0.3) is 0 Å². The summed E-state index contributed by atoms with van der Waals surface area (Å²) in [6.07, 6.45) is 2.39. The van der Waals surface area contributed by atoms with Gasteiger partial charge in [-0.2, -0.15) is 5.10 Å². The first-order valence-corrected chi connectivity index (χ1v) is 7.44. The number of rotatable bonds is 5. The van der Waals surface area contributed by atoms with Crippen LogP contribution in [0, 0.1) is 5.92 Å². The first kappa shape index (κ1) is 14.1. The second-order valence-electron chi connectivity index (χ2n) is 5.94. The highest BCUT2D eigenvalue weighted by Crippen LogP contribution is 2.29. The van der Waals surface area contributed by atoms with Gasteiger partial charge in [0.15, 0.2) is 0 Å². The maximum atomic E-state index is 10.5. The van der Waals surface area contributed by atoms with Crippen molar-refractivity contribution < 1.29 is 9.84 Å². The molecule has 21 heavy (non-hydrogen) atoms. The van der Waals surface area contributed by atoms with E-state index in [1.165, 1.54) is 5.56 Å². The lowest BCUT2D eigenvalue weighted by molar-refractivity contribution is 0.173. The lowest BCUT2D eigenvalue weighted by Gasteiger charge is -2.13. The van der Waals surface area contributed by atoms with Crippen molar-refractivity contribution in [2.75, 3.05) is 6.61 Å². The molecule has 2 aromatic rings. The SMILES string of the molecule is CC(C)Cn1ncnc1CC(O)c1ccc2c(c1)CCO2. The Morgan fingerprint density at radius 1 is 1.38 bits per heavy atom. The van der Waals surface area contributed by atoms with Crippen LogP contribution in [0.1, 0.15) is 36.9 Å². The molecule has 1 aliphatic rings. The minimum absolute atomic E-state index is 0.479. The van der Waals surface area contributed by atoms with Crippen LogP contribution in [-0.4, -0.2) is 26.5 Å². The summed E-state index contributed by atoms with van der Waals surface area (Å²) in [6.45, 7) is 5.84. The van der Waals surface area contributed by atoms with E-state index in [4.69, 9.17) is 4.74 Å². The van der Waals surface area contributed by atoms with E-state index in [0.29, 0.717) is 12.3 Å². The molecule has 0 fully saturated rings. The third kappa shape index (κ3) is 3.08. The van der Waals surface area contributed by atoms with Crippen LogP contribution in [0.4, 0.5) is 0 Å². The van der Waals surface area contributed by atoms with E-state index in [0.717, 1.165) is 36.7 Å². The summed E-state index contributed by atoms with van der Waals surface area (Å²) in [7, 11) is 0. The maximum Gasteiger partial charge on any atom is 0.138 e. The van der Waals surface area contributed by atoms with Crippen molar-refractivity contribution in [2.24, 2.45) is 5.92 Å². The van der Waals surface area contributed by atoms with Gasteiger partial charge in [0.1, 0.15) is 17.9 Å². The summed E-state index contributed by atoms with van der Waals surface area (Å²) in [5.74, 6) is 2.27. The van der Waals surface area contributed by atoms with E-state index >= 15 is 0 Å².